The van der Waals surface area contributed by atoms with Crippen LogP contribution < -0.4 is 5.32 Å². The van der Waals surface area contributed by atoms with Gasteiger partial charge in [-0.2, -0.15) is 0 Å². The van der Waals surface area contributed by atoms with E-state index in [9.17, 15) is 9.59 Å². The molecule has 0 fully saturated rings. The molecule has 0 saturated heterocycles. The van der Waals surface area contributed by atoms with Crippen molar-refractivity contribution in [2.24, 2.45) is 0 Å². The molecule has 0 aliphatic heterocycles. The van der Waals surface area contributed by atoms with Crippen LogP contribution in [0.25, 0.3) is 22.0 Å². The Hall–Kier alpha value is -4.50. The Balaban J connectivity index is 1.17. The van der Waals surface area contributed by atoms with Gasteiger partial charge in [0.25, 0.3) is 0 Å². The second-order valence-electron chi connectivity index (χ2n) is 9.92. The Kier molecular flexibility index (Phi) is 6.45. The number of nitrogens with zero attached hydrogens (tertiary/aromatic N) is 1. The fourth-order valence-electron chi connectivity index (χ4n) is 4.60. The molecule has 3 aromatic carbocycles. The number of rotatable bonds is 3. The molecule has 37 heavy (non-hydrogen) atoms. The maximum absolute atomic E-state index is 12.4. The second kappa shape index (κ2) is 9.87. The third-order valence-electron chi connectivity index (χ3n) is 6.18. The minimum atomic E-state index is -0.570. The molecule has 1 amide bonds. The van der Waals surface area contributed by atoms with E-state index in [-0.39, 0.29) is 19.1 Å². The van der Waals surface area contributed by atoms with Crippen LogP contribution in [0.15, 0.2) is 79.0 Å². The summed E-state index contributed by atoms with van der Waals surface area (Å²) >= 11 is 0. The number of alkyl carbamates (subject to hydrolysis) is 1. The lowest BCUT2D eigenvalue weighted by molar-refractivity contribution is 0.0544. The Bertz CT molecular complexity index is 1500. The predicted octanol–water partition coefficient (Wildman–Crippen LogP) is 6.31. The summed E-state index contributed by atoms with van der Waals surface area (Å²) < 4.78 is 12.5. The molecule has 0 radical (unpaired) electrons. The van der Waals surface area contributed by atoms with Crippen LogP contribution in [-0.4, -0.2) is 35.5 Å². The Labute approximate surface area is 216 Å². The number of amides is 1. The molecular formula is C31H28N2O4. The summed E-state index contributed by atoms with van der Waals surface area (Å²) in [6.45, 7) is 5.93. The third-order valence-corrected chi connectivity index (χ3v) is 6.18. The van der Waals surface area contributed by atoms with E-state index in [1.54, 1.807) is 6.20 Å². The number of hydrogen-bond acceptors (Lipinski definition) is 4. The van der Waals surface area contributed by atoms with Crippen molar-refractivity contribution >= 4 is 23.1 Å². The summed E-state index contributed by atoms with van der Waals surface area (Å²) in [7, 11) is 0. The molecular weight excluding hydrogens is 464 g/mol. The number of benzene rings is 3. The smallest absolute Gasteiger partial charge is 0.418 e. The van der Waals surface area contributed by atoms with Gasteiger partial charge in [0.15, 0.2) is 0 Å². The standard InChI is InChI=1S/C31H28N2O4/c1-31(2,3)37-30(35)33-18-16-22-19-21(14-15-28(22)33)9-8-17-32-29(34)36-20-27-25-12-6-4-10-23(25)24-11-5-7-13-26(24)27/h4-7,10-16,18-19,27H,17,20H2,1-3H3,(H,32,34). The molecule has 1 aliphatic carbocycles. The van der Waals surface area contributed by atoms with Gasteiger partial charge in [-0.25, -0.2) is 9.59 Å². The first-order chi connectivity index (χ1) is 17.8. The van der Waals surface area contributed by atoms with E-state index in [1.807, 2.05) is 69.3 Å². The zero-order valence-corrected chi connectivity index (χ0v) is 21.1. The van der Waals surface area contributed by atoms with Gasteiger partial charge in [0, 0.05) is 23.1 Å². The van der Waals surface area contributed by atoms with Gasteiger partial charge in [-0.3, -0.25) is 4.57 Å². The summed E-state index contributed by atoms with van der Waals surface area (Å²) in [5.41, 5.74) is 5.69. The SMILES string of the molecule is CC(C)(C)OC(=O)n1ccc2cc(C#CCNC(=O)OCC3c4ccccc4-c4ccccc43)ccc21. The molecule has 1 aliphatic rings. The summed E-state index contributed by atoms with van der Waals surface area (Å²) in [6.07, 6.45) is 0.768. The van der Waals surface area contributed by atoms with Gasteiger partial charge in [0.1, 0.15) is 12.2 Å². The van der Waals surface area contributed by atoms with E-state index in [2.05, 4.69) is 41.4 Å². The second-order valence-corrected chi connectivity index (χ2v) is 9.92. The highest BCUT2D eigenvalue weighted by molar-refractivity contribution is 5.90. The Morgan fingerprint density at radius 2 is 1.62 bits per heavy atom. The van der Waals surface area contributed by atoms with E-state index < -0.39 is 17.8 Å². The average molecular weight is 493 g/mol. The molecule has 0 bridgehead atoms. The highest BCUT2D eigenvalue weighted by Gasteiger charge is 2.28. The maximum Gasteiger partial charge on any atom is 0.418 e. The number of ether oxygens (including phenoxy) is 2. The van der Waals surface area contributed by atoms with Crippen LogP contribution in [0.3, 0.4) is 0 Å². The normalized spacial score (nSPS) is 12.3. The van der Waals surface area contributed by atoms with Gasteiger partial charge < -0.3 is 14.8 Å². The van der Waals surface area contributed by atoms with Crippen LogP contribution in [0.5, 0.6) is 0 Å². The van der Waals surface area contributed by atoms with Gasteiger partial charge in [-0.15, -0.1) is 0 Å². The largest absolute Gasteiger partial charge is 0.449 e. The zero-order chi connectivity index (χ0) is 26.0. The molecule has 0 saturated carbocycles. The molecule has 1 heterocycles. The van der Waals surface area contributed by atoms with E-state index in [0.717, 1.165) is 16.5 Å². The van der Waals surface area contributed by atoms with Crippen molar-refractivity contribution in [3.05, 3.63) is 95.7 Å². The van der Waals surface area contributed by atoms with Crippen LogP contribution >= 0.6 is 0 Å². The quantitative estimate of drug-likeness (QED) is 0.340. The van der Waals surface area contributed by atoms with E-state index >= 15 is 0 Å². The fourth-order valence-corrected chi connectivity index (χ4v) is 4.60. The van der Waals surface area contributed by atoms with Crippen LogP contribution in [0, 0.1) is 11.8 Å². The fraction of sp³-hybridized carbons (Fsp3) is 0.226. The van der Waals surface area contributed by atoms with Crippen molar-refractivity contribution in [2.45, 2.75) is 32.3 Å². The predicted molar refractivity (Wildman–Crippen MR) is 144 cm³/mol. The first kappa shape index (κ1) is 24.2. The monoisotopic (exact) mass is 492 g/mol. The van der Waals surface area contributed by atoms with Crippen LogP contribution in [-0.2, 0) is 9.47 Å². The molecule has 186 valence electrons. The van der Waals surface area contributed by atoms with E-state index in [1.165, 1.54) is 26.8 Å². The zero-order valence-electron chi connectivity index (χ0n) is 21.1. The van der Waals surface area contributed by atoms with Crippen molar-refractivity contribution in [3.8, 4) is 23.0 Å². The number of hydrogen-bond donors (Lipinski definition) is 1. The molecule has 5 rings (SSSR count). The van der Waals surface area contributed by atoms with Crippen molar-refractivity contribution < 1.29 is 19.1 Å². The number of carbonyl (C=O) groups is 2. The molecule has 1 N–H and O–H groups in total. The number of fused-ring (bicyclic) bond motifs is 4. The maximum atomic E-state index is 12.4. The number of carbonyl (C=O) groups excluding carboxylic acids is 2. The lowest BCUT2D eigenvalue weighted by atomic mass is 9.98. The summed E-state index contributed by atoms with van der Waals surface area (Å²) in [4.78, 5) is 24.7. The van der Waals surface area contributed by atoms with Gasteiger partial charge in [0.05, 0.1) is 12.1 Å². The minimum Gasteiger partial charge on any atom is -0.449 e. The van der Waals surface area contributed by atoms with Crippen molar-refractivity contribution in [3.63, 3.8) is 0 Å². The summed E-state index contributed by atoms with van der Waals surface area (Å²) in [6, 6.07) is 23.9. The summed E-state index contributed by atoms with van der Waals surface area (Å²) in [5.74, 6) is 6.02. The third kappa shape index (κ3) is 5.22. The first-order valence-corrected chi connectivity index (χ1v) is 12.2. The summed E-state index contributed by atoms with van der Waals surface area (Å²) in [5, 5.41) is 3.58. The van der Waals surface area contributed by atoms with Gasteiger partial charge >= 0.3 is 12.2 Å². The highest BCUT2D eigenvalue weighted by atomic mass is 16.6. The molecule has 0 spiro atoms. The lowest BCUT2D eigenvalue weighted by Crippen LogP contribution is -2.26. The minimum absolute atomic E-state index is 0.0175. The molecule has 4 aromatic rings. The van der Waals surface area contributed by atoms with Crippen LogP contribution in [0.2, 0.25) is 0 Å². The average Bonchev–Trinajstić information content (AvgIpc) is 3.43. The van der Waals surface area contributed by atoms with Crippen molar-refractivity contribution in [1.82, 2.24) is 9.88 Å². The molecule has 0 atom stereocenters. The van der Waals surface area contributed by atoms with Gasteiger partial charge in [-0.05, 0) is 67.3 Å². The Morgan fingerprint density at radius 3 is 2.30 bits per heavy atom. The van der Waals surface area contributed by atoms with E-state index in [0.29, 0.717) is 0 Å². The van der Waals surface area contributed by atoms with Gasteiger partial charge in [-0.1, -0.05) is 60.4 Å². The Morgan fingerprint density at radius 1 is 0.946 bits per heavy atom. The topological polar surface area (TPSA) is 69.6 Å². The first-order valence-electron chi connectivity index (χ1n) is 12.2. The lowest BCUT2D eigenvalue weighted by Gasteiger charge is -2.19. The van der Waals surface area contributed by atoms with Gasteiger partial charge in [0.2, 0.25) is 0 Å². The van der Waals surface area contributed by atoms with Crippen molar-refractivity contribution in [1.29, 1.82) is 0 Å². The van der Waals surface area contributed by atoms with Crippen molar-refractivity contribution in [2.75, 3.05) is 13.2 Å². The molecule has 6 heteroatoms. The van der Waals surface area contributed by atoms with Crippen LogP contribution in [0.1, 0.15) is 43.4 Å². The van der Waals surface area contributed by atoms with Crippen LogP contribution in [0.4, 0.5) is 9.59 Å². The highest BCUT2D eigenvalue weighted by Crippen LogP contribution is 2.44. The molecule has 0 unspecified atom stereocenters. The molecule has 6 nitrogen and oxygen atoms in total. The van der Waals surface area contributed by atoms with E-state index in [4.69, 9.17) is 9.47 Å². The number of nitrogens with one attached hydrogen (secondary N) is 1. The number of aromatic nitrogens is 1. The molecule has 1 aromatic heterocycles.